The molecule has 24 heavy (non-hydrogen) atoms. The number of hydrogen-bond donors (Lipinski definition) is 2. The maximum atomic E-state index is 12.4. The number of amides is 2. The van der Waals surface area contributed by atoms with Gasteiger partial charge in [0.2, 0.25) is 15.9 Å². The lowest BCUT2D eigenvalue weighted by molar-refractivity contribution is -0.122. The standard InChI is InChI=1S/C16H23N3O4S/c1-12(2)11-15(20)17-18-16(21)13-5-7-14(8-6-13)24(22,23)19-9-3-4-10-19/h5-8,12H,3-4,9-11H2,1-2H3,(H,17,20)(H,18,21). The van der Waals surface area contributed by atoms with E-state index in [0.29, 0.717) is 19.5 Å². The van der Waals surface area contributed by atoms with Gasteiger partial charge in [-0.25, -0.2) is 8.42 Å². The first-order chi connectivity index (χ1) is 11.3. The monoisotopic (exact) mass is 353 g/mol. The fourth-order valence-corrected chi connectivity index (χ4v) is 3.99. The molecule has 1 fully saturated rings. The Morgan fingerprint density at radius 3 is 2.21 bits per heavy atom. The molecular formula is C16H23N3O4S. The number of sulfonamides is 1. The summed E-state index contributed by atoms with van der Waals surface area (Å²) in [5, 5.41) is 0. The first-order valence-corrected chi connectivity index (χ1v) is 9.44. The highest BCUT2D eigenvalue weighted by Gasteiger charge is 2.27. The molecule has 7 nitrogen and oxygen atoms in total. The molecule has 1 aromatic rings. The second-order valence-corrected chi connectivity index (χ2v) is 8.17. The van der Waals surface area contributed by atoms with Gasteiger partial charge in [0, 0.05) is 25.1 Å². The molecule has 0 saturated carbocycles. The summed E-state index contributed by atoms with van der Waals surface area (Å²) < 4.78 is 26.3. The van der Waals surface area contributed by atoms with Gasteiger partial charge >= 0.3 is 0 Å². The summed E-state index contributed by atoms with van der Waals surface area (Å²) in [7, 11) is -3.49. The van der Waals surface area contributed by atoms with E-state index in [-0.39, 0.29) is 22.3 Å². The zero-order valence-electron chi connectivity index (χ0n) is 13.9. The SMILES string of the molecule is CC(C)CC(=O)NNC(=O)c1ccc(S(=O)(=O)N2CCCC2)cc1. The molecule has 8 heteroatoms. The van der Waals surface area contributed by atoms with Gasteiger partial charge in [-0.05, 0) is 43.0 Å². The highest BCUT2D eigenvalue weighted by molar-refractivity contribution is 7.89. The zero-order valence-corrected chi connectivity index (χ0v) is 14.7. The first-order valence-electron chi connectivity index (χ1n) is 8.00. The molecule has 0 aliphatic carbocycles. The van der Waals surface area contributed by atoms with Crippen LogP contribution in [0.2, 0.25) is 0 Å². The van der Waals surface area contributed by atoms with E-state index in [1.807, 2.05) is 13.8 Å². The van der Waals surface area contributed by atoms with Crippen LogP contribution in [-0.2, 0) is 14.8 Å². The van der Waals surface area contributed by atoms with Crippen molar-refractivity contribution in [2.24, 2.45) is 5.92 Å². The third-order valence-corrected chi connectivity index (χ3v) is 5.64. The van der Waals surface area contributed by atoms with Crippen LogP contribution in [0.25, 0.3) is 0 Å². The van der Waals surface area contributed by atoms with Crippen molar-refractivity contribution in [3.63, 3.8) is 0 Å². The molecule has 2 N–H and O–H groups in total. The van der Waals surface area contributed by atoms with E-state index in [2.05, 4.69) is 10.9 Å². The van der Waals surface area contributed by atoms with Crippen molar-refractivity contribution in [2.45, 2.75) is 38.0 Å². The molecule has 1 aliphatic heterocycles. The van der Waals surface area contributed by atoms with E-state index in [0.717, 1.165) is 12.8 Å². The molecule has 0 spiro atoms. The van der Waals surface area contributed by atoms with Crippen molar-refractivity contribution in [2.75, 3.05) is 13.1 Å². The summed E-state index contributed by atoms with van der Waals surface area (Å²) >= 11 is 0. The average Bonchev–Trinajstić information content (AvgIpc) is 3.07. The van der Waals surface area contributed by atoms with Crippen molar-refractivity contribution in [1.82, 2.24) is 15.2 Å². The number of hydrogen-bond acceptors (Lipinski definition) is 4. The van der Waals surface area contributed by atoms with E-state index >= 15 is 0 Å². The van der Waals surface area contributed by atoms with Gasteiger partial charge in [-0.1, -0.05) is 13.8 Å². The van der Waals surface area contributed by atoms with Gasteiger partial charge in [-0.2, -0.15) is 4.31 Å². The van der Waals surface area contributed by atoms with Crippen molar-refractivity contribution >= 4 is 21.8 Å². The maximum absolute atomic E-state index is 12.4. The number of hydrazine groups is 1. The van der Waals surface area contributed by atoms with Crippen LogP contribution >= 0.6 is 0 Å². The Labute approximate surface area is 142 Å². The summed E-state index contributed by atoms with van der Waals surface area (Å²) in [5.74, 6) is -0.569. The van der Waals surface area contributed by atoms with Crippen molar-refractivity contribution in [3.8, 4) is 0 Å². The predicted molar refractivity (Wildman–Crippen MR) is 89.5 cm³/mol. The Morgan fingerprint density at radius 1 is 1.08 bits per heavy atom. The van der Waals surface area contributed by atoms with Crippen molar-refractivity contribution in [1.29, 1.82) is 0 Å². The molecule has 1 heterocycles. The van der Waals surface area contributed by atoms with E-state index in [9.17, 15) is 18.0 Å². The third kappa shape index (κ3) is 4.55. The molecule has 132 valence electrons. The fraction of sp³-hybridized carbons (Fsp3) is 0.500. The predicted octanol–water partition coefficient (Wildman–Crippen LogP) is 1.28. The van der Waals surface area contributed by atoms with Crippen LogP contribution in [0.15, 0.2) is 29.2 Å². The van der Waals surface area contributed by atoms with Gasteiger partial charge in [0.25, 0.3) is 5.91 Å². The Bertz CT molecular complexity index is 693. The number of carbonyl (C=O) groups excluding carboxylic acids is 2. The molecular weight excluding hydrogens is 330 g/mol. The lowest BCUT2D eigenvalue weighted by atomic mass is 10.1. The number of carbonyl (C=O) groups is 2. The van der Waals surface area contributed by atoms with Crippen LogP contribution in [0.3, 0.4) is 0 Å². The van der Waals surface area contributed by atoms with Crippen molar-refractivity contribution < 1.29 is 18.0 Å². The van der Waals surface area contributed by atoms with Gasteiger partial charge in [0.1, 0.15) is 0 Å². The van der Waals surface area contributed by atoms with Crippen LogP contribution in [0.1, 0.15) is 43.5 Å². The van der Waals surface area contributed by atoms with E-state index in [4.69, 9.17) is 0 Å². The van der Waals surface area contributed by atoms with Crippen LogP contribution in [-0.4, -0.2) is 37.6 Å². The minimum Gasteiger partial charge on any atom is -0.273 e. The molecule has 0 bridgehead atoms. The van der Waals surface area contributed by atoms with Crippen molar-refractivity contribution in [3.05, 3.63) is 29.8 Å². The normalized spacial score (nSPS) is 15.5. The lowest BCUT2D eigenvalue weighted by Crippen LogP contribution is -2.42. The zero-order chi connectivity index (χ0) is 17.7. The molecule has 1 aromatic carbocycles. The van der Waals surface area contributed by atoms with Gasteiger partial charge in [0.05, 0.1) is 4.90 Å². The Balaban J connectivity index is 1.98. The molecule has 1 saturated heterocycles. The molecule has 0 atom stereocenters. The first kappa shape index (κ1) is 18.4. The van der Waals surface area contributed by atoms with Crippen LogP contribution in [0, 0.1) is 5.92 Å². The number of benzene rings is 1. The van der Waals surface area contributed by atoms with Crippen LogP contribution in [0.5, 0.6) is 0 Å². The summed E-state index contributed by atoms with van der Waals surface area (Å²) in [6, 6.07) is 5.71. The number of nitrogens with zero attached hydrogens (tertiary/aromatic N) is 1. The molecule has 2 rings (SSSR count). The average molecular weight is 353 g/mol. The third-order valence-electron chi connectivity index (χ3n) is 3.73. The fourth-order valence-electron chi connectivity index (χ4n) is 2.48. The maximum Gasteiger partial charge on any atom is 0.269 e. The summed E-state index contributed by atoms with van der Waals surface area (Å²) in [6.45, 7) is 4.88. The second kappa shape index (κ2) is 7.76. The summed E-state index contributed by atoms with van der Waals surface area (Å²) in [5.41, 5.74) is 4.93. The van der Waals surface area contributed by atoms with Crippen LogP contribution < -0.4 is 10.9 Å². The van der Waals surface area contributed by atoms with Gasteiger partial charge in [-0.15, -0.1) is 0 Å². The van der Waals surface area contributed by atoms with E-state index in [1.165, 1.54) is 28.6 Å². The number of rotatable bonds is 5. The molecule has 0 aromatic heterocycles. The highest BCUT2D eigenvalue weighted by atomic mass is 32.2. The Morgan fingerprint density at radius 2 is 1.67 bits per heavy atom. The van der Waals surface area contributed by atoms with Gasteiger partial charge in [-0.3, -0.25) is 20.4 Å². The summed E-state index contributed by atoms with van der Waals surface area (Å²) in [4.78, 5) is 23.6. The minimum absolute atomic E-state index is 0.171. The Hall–Kier alpha value is -1.93. The topological polar surface area (TPSA) is 95.6 Å². The summed E-state index contributed by atoms with van der Waals surface area (Å²) in [6.07, 6.45) is 2.05. The smallest absolute Gasteiger partial charge is 0.269 e. The minimum atomic E-state index is -3.49. The molecule has 2 amide bonds. The second-order valence-electron chi connectivity index (χ2n) is 6.24. The van der Waals surface area contributed by atoms with E-state index < -0.39 is 15.9 Å². The Kier molecular flexibility index (Phi) is 5.95. The molecule has 0 radical (unpaired) electrons. The quantitative estimate of drug-likeness (QED) is 0.780. The lowest BCUT2D eigenvalue weighted by Gasteiger charge is -2.15. The largest absolute Gasteiger partial charge is 0.273 e. The van der Waals surface area contributed by atoms with Crippen LogP contribution in [0.4, 0.5) is 0 Å². The van der Waals surface area contributed by atoms with E-state index in [1.54, 1.807) is 0 Å². The highest BCUT2D eigenvalue weighted by Crippen LogP contribution is 2.21. The van der Waals surface area contributed by atoms with Gasteiger partial charge < -0.3 is 0 Å². The molecule has 0 unspecified atom stereocenters. The van der Waals surface area contributed by atoms with Gasteiger partial charge in [0.15, 0.2) is 0 Å². The molecule has 1 aliphatic rings. The number of nitrogens with one attached hydrogen (secondary N) is 2.